The third kappa shape index (κ3) is 3.17. The largest absolute Gasteiger partial charge is 0.422 e. The molecule has 2 aromatic rings. The third-order valence-electron chi connectivity index (χ3n) is 4.24. The predicted molar refractivity (Wildman–Crippen MR) is 92.5 cm³/mol. The monoisotopic (exact) mass is 358 g/mol. The standard InChI is InChI=1S/C18H18N2O6/c1-3-19(4-2)12-5-6-14-11(9-12)10-13(17(23)25-14)18(24)26-20-15(21)7-8-16(20)22/h5-6,9-10H,3-4,7-8H2,1-2H3. The molecule has 0 atom stereocenters. The van der Waals surface area contributed by atoms with Crippen LogP contribution < -0.4 is 10.5 Å². The van der Waals surface area contributed by atoms with Crippen molar-refractivity contribution in [1.82, 2.24) is 5.06 Å². The van der Waals surface area contributed by atoms with Crippen LogP contribution in [0.15, 0.2) is 33.5 Å². The number of fused-ring (bicyclic) bond motifs is 1. The van der Waals surface area contributed by atoms with E-state index in [1.165, 1.54) is 6.07 Å². The van der Waals surface area contributed by atoms with Crippen LogP contribution in [0, 0.1) is 0 Å². The van der Waals surface area contributed by atoms with Crippen molar-refractivity contribution >= 4 is 34.4 Å². The summed E-state index contributed by atoms with van der Waals surface area (Å²) in [6.45, 7) is 5.64. The molecule has 1 saturated heterocycles. The van der Waals surface area contributed by atoms with Crippen LogP contribution in [-0.4, -0.2) is 35.9 Å². The van der Waals surface area contributed by atoms with Crippen LogP contribution in [0.4, 0.5) is 5.69 Å². The van der Waals surface area contributed by atoms with Crippen molar-refractivity contribution in [3.8, 4) is 0 Å². The summed E-state index contributed by atoms with van der Waals surface area (Å²) < 4.78 is 5.17. The lowest BCUT2D eigenvalue weighted by atomic mass is 10.1. The van der Waals surface area contributed by atoms with Crippen molar-refractivity contribution in [1.29, 1.82) is 0 Å². The van der Waals surface area contributed by atoms with Crippen molar-refractivity contribution < 1.29 is 23.6 Å². The zero-order valence-electron chi connectivity index (χ0n) is 14.5. The zero-order chi connectivity index (χ0) is 18.8. The second-order valence-electron chi connectivity index (χ2n) is 5.80. The Morgan fingerprint density at radius 1 is 1.12 bits per heavy atom. The summed E-state index contributed by atoms with van der Waals surface area (Å²) in [5.41, 5.74) is -0.0183. The van der Waals surface area contributed by atoms with Crippen molar-refractivity contribution in [3.63, 3.8) is 0 Å². The summed E-state index contributed by atoms with van der Waals surface area (Å²) >= 11 is 0. The average Bonchev–Trinajstić information content (AvgIpc) is 2.94. The normalized spacial score (nSPS) is 14.2. The summed E-state index contributed by atoms with van der Waals surface area (Å²) in [6.07, 6.45) is -0.0443. The Hall–Kier alpha value is -3.16. The van der Waals surface area contributed by atoms with Gasteiger partial charge >= 0.3 is 11.6 Å². The lowest BCUT2D eigenvalue weighted by molar-refractivity contribution is -0.172. The topological polar surface area (TPSA) is 97.1 Å². The Morgan fingerprint density at radius 2 is 1.77 bits per heavy atom. The molecule has 2 amide bonds. The van der Waals surface area contributed by atoms with Crippen molar-refractivity contribution in [2.24, 2.45) is 0 Å². The Bertz CT molecular complexity index is 928. The fourth-order valence-corrected chi connectivity index (χ4v) is 2.83. The van der Waals surface area contributed by atoms with E-state index in [2.05, 4.69) is 4.90 Å². The number of amides is 2. The lowest BCUT2D eigenvalue weighted by Gasteiger charge is -2.21. The molecule has 26 heavy (non-hydrogen) atoms. The number of imide groups is 1. The number of rotatable bonds is 5. The highest BCUT2D eigenvalue weighted by molar-refractivity contribution is 6.03. The average molecular weight is 358 g/mol. The Labute approximate surface area is 148 Å². The van der Waals surface area contributed by atoms with Crippen LogP contribution in [0.25, 0.3) is 11.0 Å². The summed E-state index contributed by atoms with van der Waals surface area (Å²) in [7, 11) is 0. The van der Waals surface area contributed by atoms with Crippen molar-refractivity contribution in [3.05, 3.63) is 40.2 Å². The molecule has 136 valence electrons. The van der Waals surface area contributed by atoms with Gasteiger partial charge in [-0.25, -0.2) is 9.59 Å². The lowest BCUT2D eigenvalue weighted by Crippen LogP contribution is -2.33. The Kier molecular flexibility index (Phi) is 4.75. The first-order valence-corrected chi connectivity index (χ1v) is 8.35. The van der Waals surface area contributed by atoms with E-state index in [1.54, 1.807) is 12.1 Å². The third-order valence-corrected chi connectivity index (χ3v) is 4.24. The number of carbonyl (C=O) groups excluding carboxylic acids is 3. The first kappa shape index (κ1) is 17.7. The van der Waals surface area contributed by atoms with Crippen LogP contribution in [0.5, 0.6) is 0 Å². The van der Waals surface area contributed by atoms with Gasteiger partial charge in [-0.05, 0) is 38.1 Å². The maximum absolute atomic E-state index is 12.2. The number of nitrogens with zero attached hydrogens (tertiary/aromatic N) is 2. The van der Waals surface area contributed by atoms with Gasteiger partial charge in [0.2, 0.25) is 0 Å². The van der Waals surface area contributed by atoms with E-state index in [-0.39, 0.29) is 18.4 Å². The molecule has 0 unspecified atom stereocenters. The van der Waals surface area contributed by atoms with Gasteiger partial charge in [-0.2, -0.15) is 0 Å². The van der Waals surface area contributed by atoms with E-state index in [4.69, 9.17) is 9.25 Å². The number of benzene rings is 1. The van der Waals surface area contributed by atoms with Gasteiger partial charge in [0, 0.05) is 37.0 Å². The number of hydroxylamine groups is 2. The molecular formula is C18H18N2O6. The maximum atomic E-state index is 12.2. The van der Waals surface area contributed by atoms with Gasteiger partial charge in [0.05, 0.1) is 0 Å². The molecule has 8 nitrogen and oxygen atoms in total. The maximum Gasteiger partial charge on any atom is 0.371 e. The molecule has 2 heterocycles. The molecule has 1 aromatic heterocycles. The molecule has 0 spiro atoms. The van der Waals surface area contributed by atoms with Gasteiger partial charge in [0.1, 0.15) is 11.1 Å². The highest BCUT2D eigenvalue weighted by Gasteiger charge is 2.34. The van der Waals surface area contributed by atoms with Crippen LogP contribution >= 0.6 is 0 Å². The summed E-state index contributed by atoms with van der Waals surface area (Å²) in [5.74, 6) is -2.33. The summed E-state index contributed by atoms with van der Waals surface area (Å²) in [5, 5.41) is 0.943. The molecule has 8 heteroatoms. The second-order valence-corrected chi connectivity index (χ2v) is 5.80. The molecule has 0 bridgehead atoms. The zero-order valence-corrected chi connectivity index (χ0v) is 14.5. The molecule has 1 aliphatic rings. The minimum atomic E-state index is -1.10. The van der Waals surface area contributed by atoms with Gasteiger partial charge in [0.15, 0.2) is 0 Å². The van der Waals surface area contributed by atoms with E-state index in [1.807, 2.05) is 19.9 Å². The molecule has 1 fully saturated rings. The number of hydrogen-bond donors (Lipinski definition) is 0. The van der Waals surface area contributed by atoms with E-state index in [0.29, 0.717) is 16.0 Å². The predicted octanol–water partition coefficient (Wildman–Crippen LogP) is 1.86. The molecule has 1 aromatic carbocycles. The fourth-order valence-electron chi connectivity index (χ4n) is 2.83. The van der Waals surface area contributed by atoms with E-state index in [9.17, 15) is 19.2 Å². The Balaban J connectivity index is 1.96. The first-order valence-electron chi connectivity index (χ1n) is 8.35. The molecule has 0 aliphatic carbocycles. The van der Waals surface area contributed by atoms with Crippen LogP contribution in [-0.2, 0) is 14.4 Å². The molecule has 0 saturated carbocycles. The highest BCUT2D eigenvalue weighted by atomic mass is 16.7. The van der Waals surface area contributed by atoms with E-state index < -0.39 is 23.4 Å². The van der Waals surface area contributed by atoms with Crippen LogP contribution in [0.1, 0.15) is 37.0 Å². The van der Waals surface area contributed by atoms with Gasteiger partial charge in [-0.1, -0.05) is 0 Å². The second kappa shape index (κ2) is 6.99. The van der Waals surface area contributed by atoms with Crippen molar-refractivity contribution in [2.75, 3.05) is 18.0 Å². The highest BCUT2D eigenvalue weighted by Crippen LogP contribution is 2.22. The number of hydrogen-bond acceptors (Lipinski definition) is 7. The number of anilines is 1. The van der Waals surface area contributed by atoms with E-state index in [0.717, 1.165) is 18.8 Å². The quantitative estimate of drug-likeness (QED) is 0.594. The van der Waals surface area contributed by atoms with Crippen molar-refractivity contribution in [2.45, 2.75) is 26.7 Å². The molecule has 3 rings (SSSR count). The van der Waals surface area contributed by atoms with Gasteiger partial charge in [-0.3, -0.25) is 9.59 Å². The molecular weight excluding hydrogens is 340 g/mol. The van der Waals surface area contributed by atoms with Gasteiger partial charge in [0.25, 0.3) is 11.8 Å². The van der Waals surface area contributed by atoms with Gasteiger partial charge in [-0.15, -0.1) is 5.06 Å². The van der Waals surface area contributed by atoms with E-state index >= 15 is 0 Å². The smallest absolute Gasteiger partial charge is 0.371 e. The van der Waals surface area contributed by atoms with Crippen LogP contribution in [0.3, 0.4) is 0 Å². The van der Waals surface area contributed by atoms with Crippen LogP contribution in [0.2, 0.25) is 0 Å². The SMILES string of the molecule is CCN(CC)c1ccc2oc(=O)c(C(=O)ON3C(=O)CCC3=O)cc2c1. The first-order chi connectivity index (χ1) is 12.4. The minimum Gasteiger partial charge on any atom is -0.422 e. The molecule has 1 aliphatic heterocycles. The molecule has 0 radical (unpaired) electrons. The summed E-state index contributed by atoms with van der Waals surface area (Å²) in [6, 6.07) is 6.64. The molecule has 0 N–H and O–H groups in total. The number of carbonyl (C=O) groups is 3. The minimum absolute atomic E-state index is 0.0222. The Morgan fingerprint density at radius 3 is 2.38 bits per heavy atom. The van der Waals surface area contributed by atoms with Gasteiger partial charge < -0.3 is 14.2 Å². The fraction of sp³-hybridized carbons (Fsp3) is 0.333. The summed E-state index contributed by atoms with van der Waals surface area (Å²) in [4.78, 5) is 54.3.